The number of ether oxygens (including phenoxy) is 2. The number of halogens is 2. The molecule has 4 aliphatic rings. The van der Waals surface area contributed by atoms with Crippen LogP contribution in [0.5, 0.6) is 11.5 Å². The Kier molecular flexibility index (Phi) is 9.30. The molecule has 2 saturated heterocycles. The summed E-state index contributed by atoms with van der Waals surface area (Å²) >= 11 is 0. The number of piperidine rings is 1. The maximum Gasteiger partial charge on any atom is 0.298 e. The van der Waals surface area contributed by atoms with Gasteiger partial charge in [-0.2, -0.15) is 13.5 Å². The second kappa shape index (κ2) is 13.5. The molecule has 2 heterocycles. The molecule has 256 valence electrons. The van der Waals surface area contributed by atoms with Crippen molar-refractivity contribution < 1.29 is 31.5 Å². The number of sulfonamides is 1. The monoisotopic (exact) mass is 680 g/mol. The first-order valence-corrected chi connectivity index (χ1v) is 18.8. The number of carbonyl (C=O) groups excluding carboxylic acids is 1. The molecule has 2 bridgehead atoms. The molecule has 0 aromatic heterocycles. The Morgan fingerprint density at radius 1 is 0.833 bits per heavy atom. The normalized spacial score (nSPS) is 24.4. The topological polar surface area (TPSA) is 111 Å². The van der Waals surface area contributed by atoms with Gasteiger partial charge in [-0.25, -0.2) is 8.42 Å². The predicted octanol–water partition coefficient (Wildman–Crippen LogP) is 6.61. The first-order valence-electron chi connectivity index (χ1n) is 17.3. The van der Waals surface area contributed by atoms with Gasteiger partial charge in [0.1, 0.15) is 17.6 Å². The Labute approximate surface area is 281 Å². The van der Waals surface area contributed by atoms with Crippen molar-refractivity contribution in [2.45, 2.75) is 124 Å². The second-order valence-corrected chi connectivity index (χ2v) is 15.7. The minimum Gasteiger partial charge on any atom is -0.490 e. The van der Waals surface area contributed by atoms with Gasteiger partial charge < -0.3 is 20.1 Å². The van der Waals surface area contributed by atoms with Crippen molar-refractivity contribution >= 4 is 26.7 Å². The first kappa shape index (κ1) is 33.1. The van der Waals surface area contributed by atoms with Crippen LogP contribution in [0.1, 0.15) is 82.6 Å². The molecule has 2 unspecified atom stereocenters. The maximum absolute atomic E-state index is 16.6. The van der Waals surface area contributed by atoms with Gasteiger partial charge in [-0.3, -0.25) is 4.79 Å². The van der Waals surface area contributed by atoms with Crippen LogP contribution in [0.2, 0.25) is 0 Å². The zero-order valence-corrected chi connectivity index (χ0v) is 27.8. The Bertz CT molecular complexity index is 1710. The highest BCUT2D eigenvalue weighted by atomic mass is 32.2. The van der Waals surface area contributed by atoms with E-state index in [9.17, 15) is 13.2 Å². The Morgan fingerprint density at radius 3 is 2.10 bits per heavy atom. The van der Waals surface area contributed by atoms with Crippen LogP contribution in [0.3, 0.4) is 0 Å². The number of rotatable bonds is 10. The van der Waals surface area contributed by atoms with E-state index in [0.29, 0.717) is 42.6 Å². The summed E-state index contributed by atoms with van der Waals surface area (Å²) in [5, 5.41) is 1.37. The van der Waals surface area contributed by atoms with Crippen molar-refractivity contribution in [3.63, 3.8) is 0 Å². The van der Waals surface area contributed by atoms with Gasteiger partial charge in [0.25, 0.3) is 5.92 Å². The van der Waals surface area contributed by atoms with Crippen LogP contribution >= 0.6 is 0 Å². The molecule has 2 aliphatic heterocycles. The number of nitrogens with two attached hydrogens (primary N) is 1. The van der Waals surface area contributed by atoms with Crippen molar-refractivity contribution in [1.82, 2.24) is 9.62 Å². The molecule has 2 saturated carbocycles. The molecule has 1 amide bonds. The summed E-state index contributed by atoms with van der Waals surface area (Å²) in [6, 6.07) is 12.1. The van der Waals surface area contributed by atoms with Gasteiger partial charge in [-0.15, -0.1) is 0 Å². The summed E-state index contributed by atoms with van der Waals surface area (Å²) in [5.41, 5.74) is 5.74. The van der Waals surface area contributed by atoms with Gasteiger partial charge >= 0.3 is 0 Å². The molecule has 11 heteroatoms. The molecule has 3 aromatic rings. The summed E-state index contributed by atoms with van der Waals surface area (Å²) in [6.07, 6.45) is 12.6. The maximum atomic E-state index is 16.6. The smallest absolute Gasteiger partial charge is 0.298 e. The number of alkyl halides is 2. The molecule has 48 heavy (non-hydrogen) atoms. The van der Waals surface area contributed by atoms with Crippen LogP contribution in [0.25, 0.3) is 10.8 Å². The third-order valence-electron chi connectivity index (χ3n) is 10.5. The van der Waals surface area contributed by atoms with Crippen molar-refractivity contribution in [3.05, 3.63) is 72.6 Å². The van der Waals surface area contributed by atoms with Crippen LogP contribution < -0.4 is 19.9 Å². The van der Waals surface area contributed by atoms with Gasteiger partial charge in [0.15, 0.2) is 6.04 Å². The minimum atomic E-state index is -4.57. The number of fused-ring (bicyclic) bond motifs is 3. The highest BCUT2D eigenvalue weighted by Crippen LogP contribution is 2.40. The molecule has 0 spiro atoms. The number of benzene rings is 3. The summed E-state index contributed by atoms with van der Waals surface area (Å²) in [5.74, 6) is -3.64. The quantitative estimate of drug-likeness (QED) is 0.234. The molecular formula is C37H44F2N3O5S+. The molecule has 3 aromatic carbocycles. The lowest BCUT2D eigenvalue weighted by Crippen LogP contribution is -2.60. The van der Waals surface area contributed by atoms with Crippen LogP contribution in [0.4, 0.5) is 8.78 Å². The van der Waals surface area contributed by atoms with Gasteiger partial charge in [0.2, 0.25) is 15.9 Å². The van der Waals surface area contributed by atoms with E-state index in [-0.39, 0.29) is 35.2 Å². The van der Waals surface area contributed by atoms with Crippen molar-refractivity contribution in [1.29, 1.82) is 0 Å². The standard InChI is InChI=1S/C37H44F2N3O5S/c38-37(39,26-12-17-32(18-13-26)46-30-6-2-1-3-7-30)35(36(43)42-28-14-15-29(42)23-27(40)22-28)41-48(44,45)34-19-11-24-20-33(16-10-25(24)21-34)47-31-8-4-5-9-31/h1,10-13,16-21,27-31,35,41H,2-9,14-15,22-23,40H2/q+1/t27?,28?,29?,35-/m1/s1. The first-order chi connectivity index (χ1) is 23.1. The number of nitrogens with zero attached hydrogens (tertiary/aromatic N) is 1. The van der Waals surface area contributed by atoms with E-state index >= 15 is 8.78 Å². The minimum absolute atomic E-state index is 0.0109. The van der Waals surface area contributed by atoms with Crippen LogP contribution in [0, 0.1) is 6.42 Å². The fourth-order valence-corrected chi connectivity index (χ4v) is 9.23. The SMILES string of the molecule is NC1CC2CCC(C1)N2C(=O)[C@@H](NS(=O)(=O)c1ccc2cc(OC3CCCC3)ccc2c1)C(F)(F)c1ccc(OC2CC[CH+]CC2)cc1. The number of nitrogens with one attached hydrogen (secondary N) is 1. The fraction of sp³-hybridized carbons (Fsp3) is 0.514. The third kappa shape index (κ3) is 6.87. The lowest BCUT2D eigenvalue weighted by atomic mass is 9.94. The molecule has 3 N–H and O–H groups in total. The number of carbonyl (C=O) groups is 1. The van der Waals surface area contributed by atoms with E-state index in [1.54, 1.807) is 18.2 Å². The Balaban J connectivity index is 1.16. The van der Waals surface area contributed by atoms with E-state index in [1.807, 2.05) is 6.07 Å². The fourth-order valence-electron chi connectivity index (χ4n) is 8.00. The molecule has 4 fully saturated rings. The molecule has 3 atom stereocenters. The summed E-state index contributed by atoms with van der Waals surface area (Å²) < 4.78 is 75.3. The summed E-state index contributed by atoms with van der Waals surface area (Å²) in [4.78, 5) is 15.4. The van der Waals surface area contributed by atoms with Gasteiger partial charge in [-0.05, 0) is 111 Å². The molecule has 0 radical (unpaired) electrons. The van der Waals surface area contributed by atoms with E-state index < -0.39 is 33.5 Å². The largest absolute Gasteiger partial charge is 0.490 e. The number of amides is 1. The molecular weight excluding hydrogens is 636 g/mol. The van der Waals surface area contributed by atoms with Gasteiger partial charge in [0, 0.05) is 36.5 Å². The summed E-state index contributed by atoms with van der Waals surface area (Å²) in [6.45, 7) is 0. The van der Waals surface area contributed by atoms with Gasteiger partial charge in [0.05, 0.1) is 30.3 Å². The predicted molar refractivity (Wildman–Crippen MR) is 179 cm³/mol. The molecule has 7 rings (SSSR count). The van der Waals surface area contributed by atoms with Crippen molar-refractivity contribution in [2.75, 3.05) is 0 Å². The van der Waals surface area contributed by atoms with E-state index in [1.165, 1.54) is 41.3 Å². The van der Waals surface area contributed by atoms with Crippen LogP contribution in [-0.2, 0) is 20.7 Å². The van der Waals surface area contributed by atoms with Crippen molar-refractivity contribution in [3.8, 4) is 11.5 Å². The zero-order chi connectivity index (χ0) is 33.5. The average molecular weight is 681 g/mol. The Morgan fingerprint density at radius 2 is 1.42 bits per heavy atom. The molecule has 8 nitrogen and oxygen atoms in total. The highest BCUT2D eigenvalue weighted by Gasteiger charge is 2.53. The molecule has 2 aliphatic carbocycles. The van der Waals surface area contributed by atoms with E-state index in [4.69, 9.17) is 15.2 Å². The van der Waals surface area contributed by atoms with E-state index in [0.717, 1.165) is 56.8 Å². The third-order valence-corrected chi connectivity index (χ3v) is 12.0. The number of hydrogen-bond donors (Lipinski definition) is 2. The Hall–Kier alpha value is -3.41. The number of hydrogen-bond acceptors (Lipinski definition) is 6. The lowest BCUT2D eigenvalue weighted by molar-refractivity contribution is -0.149. The van der Waals surface area contributed by atoms with Crippen molar-refractivity contribution in [2.24, 2.45) is 5.73 Å². The van der Waals surface area contributed by atoms with Gasteiger partial charge in [-0.1, -0.05) is 12.1 Å². The second-order valence-electron chi connectivity index (χ2n) is 13.9. The zero-order valence-electron chi connectivity index (χ0n) is 27.0. The van der Waals surface area contributed by atoms with Crippen LogP contribution in [-0.4, -0.2) is 55.6 Å². The highest BCUT2D eigenvalue weighted by molar-refractivity contribution is 7.89. The van der Waals surface area contributed by atoms with Crippen LogP contribution in [0.15, 0.2) is 65.6 Å². The van der Waals surface area contributed by atoms with E-state index in [2.05, 4.69) is 11.1 Å². The summed E-state index contributed by atoms with van der Waals surface area (Å²) in [7, 11) is -4.57. The lowest BCUT2D eigenvalue weighted by Gasteiger charge is -2.41. The average Bonchev–Trinajstić information content (AvgIpc) is 3.69.